The van der Waals surface area contributed by atoms with Crippen molar-refractivity contribution >= 4 is 17.6 Å². The van der Waals surface area contributed by atoms with E-state index in [1.54, 1.807) is 0 Å². The van der Waals surface area contributed by atoms with Gasteiger partial charge in [0, 0.05) is 18.3 Å². The van der Waals surface area contributed by atoms with Gasteiger partial charge in [0.1, 0.15) is 12.0 Å². The molecule has 2 unspecified atom stereocenters. The number of carbonyl (C=O) groups is 2. The van der Waals surface area contributed by atoms with Crippen LogP contribution in [0.1, 0.15) is 31.2 Å². The van der Waals surface area contributed by atoms with E-state index in [2.05, 4.69) is 5.32 Å². The molecule has 1 amide bonds. The largest absolute Gasteiger partial charge is 0.481 e. The Hall–Kier alpha value is -2.04. The van der Waals surface area contributed by atoms with Crippen LogP contribution in [0.25, 0.3) is 0 Å². The van der Waals surface area contributed by atoms with Crippen LogP contribution in [-0.4, -0.2) is 35.6 Å². The van der Waals surface area contributed by atoms with E-state index in [0.717, 1.165) is 24.1 Å². The summed E-state index contributed by atoms with van der Waals surface area (Å²) in [5.41, 5.74) is 1.66. The Kier molecular flexibility index (Phi) is 3.12. The van der Waals surface area contributed by atoms with Crippen LogP contribution in [0.5, 0.6) is 0 Å². The third-order valence-electron chi connectivity index (χ3n) is 4.07. The van der Waals surface area contributed by atoms with E-state index in [4.69, 9.17) is 0 Å². The maximum Gasteiger partial charge on any atom is 0.312 e. The summed E-state index contributed by atoms with van der Waals surface area (Å²) in [5.74, 6) is -1.41. The van der Waals surface area contributed by atoms with Gasteiger partial charge in [0.05, 0.1) is 0 Å². The van der Waals surface area contributed by atoms with Crippen molar-refractivity contribution in [2.24, 2.45) is 0 Å². The minimum absolute atomic E-state index is 0.0201. The fraction of sp³-hybridized carbons (Fsp3) is 0.467. The van der Waals surface area contributed by atoms with Crippen LogP contribution >= 0.6 is 0 Å². The van der Waals surface area contributed by atoms with Crippen LogP contribution in [0.3, 0.4) is 0 Å². The quantitative estimate of drug-likeness (QED) is 0.869. The van der Waals surface area contributed by atoms with Crippen molar-refractivity contribution in [1.29, 1.82) is 0 Å². The van der Waals surface area contributed by atoms with Gasteiger partial charge < -0.3 is 15.3 Å². The van der Waals surface area contributed by atoms with Crippen LogP contribution in [-0.2, 0) is 9.59 Å². The van der Waals surface area contributed by atoms with E-state index in [-0.39, 0.29) is 11.9 Å². The molecule has 0 radical (unpaired) electrons. The normalized spacial score (nSPS) is 22.2. The fourth-order valence-electron chi connectivity index (χ4n) is 2.71. The monoisotopic (exact) mass is 274 g/mol. The standard InChI is InChI=1S/C15H18N2O3/c1-9(14(18)16-10-6-7-10)17-8-12(15(19)20)11-4-2-3-5-13(11)17/h2-5,9-10,12H,6-8H2,1H3,(H,16,18)(H,19,20). The molecule has 0 aromatic heterocycles. The number of hydrogen-bond acceptors (Lipinski definition) is 3. The molecule has 3 rings (SSSR count). The van der Waals surface area contributed by atoms with Gasteiger partial charge in [-0.2, -0.15) is 0 Å². The Bertz CT molecular complexity index is 554. The maximum absolute atomic E-state index is 12.2. The number of rotatable bonds is 4. The number of amides is 1. The molecule has 1 aromatic rings. The number of aliphatic carboxylic acids is 1. The molecule has 1 heterocycles. The van der Waals surface area contributed by atoms with Crippen LogP contribution in [0, 0.1) is 0 Å². The molecule has 106 valence electrons. The number of para-hydroxylation sites is 1. The Morgan fingerprint density at radius 2 is 2.05 bits per heavy atom. The summed E-state index contributed by atoms with van der Waals surface area (Å²) in [6, 6.07) is 7.41. The minimum Gasteiger partial charge on any atom is -0.481 e. The highest BCUT2D eigenvalue weighted by Crippen LogP contribution is 2.37. The van der Waals surface area contributed by atoms with Gasteiger partial charge in [-0.25, -0.2) is 0 Å². The molecule has 1 aliphatic heterocycles. The first-order valence-corrected chi connectivity index (χ1v) is 6.96. The Morgan fingerprint density at radius 1 is 1.35 bits per heavy atom. The molecule has 1 aromatic carbocycles. The van der Waals surface area contributed by atoms with Crippen molar-refractivity contribution < 1.29 is 14.7 Å². The van der Waals surface area contributed by atoms with Gasteiger partial charge in [-0.05, 0) is 31.4 Å². The highest BCUT2D eigenvalue weighted by Gasteiger charge is 2.38. The summed E-state index contributed by atoms with van der Waals surface area (Å²) >= 11 is 0. The third kappa shape index (κ3) is 2.24. The SMILES string of the molecule is CC(C(=O)NC1CC1)N1CC(C(=O)O)c2ccccc21. The van der Waals surface area contributed by atoms with Gasteiger partial charge in [-0.3, -0.25) is 9.59 Å². The lowest BCUT2D eigenvalue weighted by Gasteiger charge is -2.26. The summed E-state index contributed by atoms with van der Waals surface area (Å²) in [4.78, 5) is 25.4. The van der Waals surface area contributed by atoms with Crippen LogP contribution in [0.2, 0.25) is 0 Å². The predicted octanol–water partition coefficient (Wildman–Crippen LogP) is 1.34. The number of nitrogens with zero attached hydrogens (tertiary/aromatic N) is 1. The molecule has 0 saturated heterocycles. The highest BCUT2D eigenvalue weighted by molar-refractivity contribution is 5.89. The maximum atomic E-state index is 12.2. The zero-order chi connectivity index (χ0) is 14.3. The average molecular weight is 274 g/mol. The number of carbonyl (C=O) groups excluding carboxylic acids is 1. The number of hydrogen-bond donors (Lipinski definition) is 2. The second-order valence-electron chi connectivity index (χ2n) is 5.56. The fourth-order valence-corrected chi connectivity index (χ4v) is 2.71. The van der Waals surface area contributed by atoms with Crippen LogP contribution in [0.4, 0.5) is 5.69 Å². The van der Waals surface area contributed by atoms with Gasteiger partial charge in [-0.1, -0.05) is 18.2 Å². The van der Waals surface area contributed by atoms with Gasteiger partial charge in [0.2, 0.25) is 5.91 Å². The molecular weight excluding hydrogens is 256 g/mol. The number of fused-ring (bicyclic) bond motifs is 1. The minimum atomic E-state index is -0.838. The number of benzene rings is 1. The van der Waals surface area contributed by atoms with E-state index >= 15 is 0 Å². The topological polar surface area (TPSA) is 69.6 Å². The zero-order valence-electron chi connectivity index (χ0n) is 11.4. The summed E-state index contributed by atoms with van der Waals surface area (Å²) in [7, 11) is 0. The molecule has 0 spiro atoms. The Morgan fingerprint density at radius 3 is 2.70 bits per heavy atom. The smallest absolute Gasteiger partial charge is 0.312 e. The molecule has 2 N–H and O–H groups in total. The van der Waals surface area contributed by atoms with Crippen molar-refractivity contribution in [1.82, 2.24) is 5.32 Å². The first-order chi connectivity index (χ1) is 9.58. The van der Waals surface area contributed by atoms with Crippen molar-refractivity contribution in [2.75, 3.05) is 11.4 Å². The molecule has 2 aliphatic rings. The molecular formula is C15H18N2O3. The third-order valence-corrected chi connectivity index (χ3v) is 4.07. The van der Waals surface area contributed by atoms with Crippen LogP contribution < -0.4 is 10.2 Å². The molecule has 1 aliphatic carbocycles. The number of carboxylic acid groups (broad SMARTS) is 1. The summed E-state index contributed by atoms with van der Waals surface area (Å²) < 4.78 is 0. The van der Waals surface area contributed by atoms with Crippen molar-refractivity contribution in [3.63, 3.8) is 0 Å². The average Bonchev–Trinajstić information content (AvgIpc) is 3.15. The zero-order valence-corrected chi connectivity index (χ0v) is 11.4. The van der Waals surface area contributed by atoms with Gasteiger partial charge in [0.25, 0.3) is 0 Å². The molecule has 1 saturated carbocycles. The molecule has 20 heavy (non-hydrogen) atoms. The van der Waals surface area contributed by atoms with Gasteiger partial charge in [0.15, 0.2) is 0 Å². The first-order valence-electron chi connectivity index (χ1n) is 6.96. The lowest BCUT2D eigenvalue weighted by molar-refractivity contribution is -0.138. The van der Waals surface area contributed by atoms with Crippen LogP contribution in [0.15, 0.2) is 24.3 Å². The molecule has 5 nitrogen and oxygen atoms in total. The van der Waals surface area contributed by atoms with E-state index in [0.29, 0.717) is 12.6 Å². The van der Waals surface area contributed by atoms with Gasteiger partial charge >= 0.3 is 5.97 Å². The van der Waals surface area contributed by atoms with Crippen molar-refractivity contribution in [2.45, 2.75) is 37.8 Å². The summed E-state index contributed by atoms with van der Waals surface area (Å²) in [6.07, 6.45) is 2.10. The van der Waals surface area contributed by atoms with Crippen molar-refractivity contribution in [3.05, 3.63) is 29.8 Å². The second kappa shape index (κ2) is 4.81. The molecule has 2 atom stereocenters. The van der Waals surface area contributed by atoms with E-state index in [1.807, 2.05) is 36.1 Å². The highest BCUT2D eigenvalue weighted by atomic mass is 16.4. The first kappa shape index (κ1) is 13.0. The molecule has 5 heteroatoms. The second-order valence-corrected chi connectivity index (χ2v) is 5.56. The van der Waals surface area contributed by atoms with E-state index < -0.39 is 11.9 Å². The Balaban J connectivity index is 1.83. The summed E-state index contributed by atoms with van der Waals surface area (Å²) in [6.45, 7) is 2.19. The number of anilines is 1. The predicted molar refractivity (Wildman–Crippen MR) is 74.8 cm³/mol. The summed E-state index contributed by atoms with van der Waals surface area (Å²) in [5, 5.41) is 12.3. The van der Waals surface area contributed by atoms with E-state index in [9.17, 15) is 14.7 Å². The number of carboxylic acids is 1. The van der Waals surface area contributed by atoms with Gasteiger partial charge in [-0.15, -0.1) is 0 Å². The van der Waals surface area contributed by atoms with E-state index in [1.165, 1.54) is 0 Å². The number of nitrogens with one attached hydrogen (secondary N) is 1. The lowest BCUT2D eigenvalue weighted by atomic mass is 10.0. The molecule has 1 fully saturated rings. The Labute approximate surface area is 117 Å². The van der Waals surface area contributed by atoms with Crippen molar-refractivity contribution in [3.8, 4) is 0 Å². The lowest BCUT2D eigenvalue weighted by Crippen LogP contribution is -2.45. The molecule has 0 bridgehead atoms.